The summed E-state index contributed by atoms with van der Waals surface area (Å²) in [5.74, 6) is 0.447. The van der Waals surface area contributed by atoms with E-state index < -0.39 is 5.41 Å². The van der Waals surface area contributed by atoms with E-state index in [1.54, 1.807) is 18.7 Å². The van der Waals surface area contributed by atoms with Crippen LogP contribution in [0.15, 0.2) is 24.3 Å². The number of amides is 2. The second-order valence-corrected chi connectivity index (χ2v) is 8.89. The van der Waals surface area contributed by atoms with Crippen molar-refractivity contribution in [3.63, 3.8) is 0 Å². The van der Waals surface area contributed by atoms with Crippen LogP contribution in [0.25, 0.3) is 0 Å². The van der Waals surface area contributed by atoms with Gasteiger partial charge in [0.05, 0.1) is 0 Å². The van der Waals surface area contributed by atoms with Crippen LogP contribution in [0.5, 0.6) is 0 Å². The molecule has 0 saturated carbocycles. The minimum atomic E-state index is -1.09. The van der Waals surface area contributed by atoms with Crippen LogP contribution in [-0.2, 0) is 9.59 Å². The quantitative estimate of drug-likeness (QED) is 0.809. The molecule has 2 heterocycles. The first kappa shape index (κ1) is 20.6. The summed E-state index contributed by atoms with van der Waals surface area (Å²) < 4.78 is 0. The van der Waals surface area contributed by atoms with E-state index in [1.807, 2.05) is 19.2 Å². The Kier molecular flexibility index (Phi) is 6.28. The summed E-state index contributed by atoms with van der Waals surface area (Å²) in [6.45, 7) is 10.9. The molecule has 6 nitrogen and oxygen atoms in total. The highest BCUT2D eigenvalue weighted by Gasteiger charge is 2.39. The molecule has 2 saturated heterocycles. The minimum Gasteiger partial charge on any atom is -0.372 e. The lowest BCUT2D eigenvalue weighted by atomic mass is 9.89. The topological polar surface area (TPSA) is 55.9 Å². The fourth-order valence-corrected chi connectivity index (χ4v) is 3.81. The number of hydrogen-bond donors (Lipinski definition) is 1. The van der Waals surface area contributed by atoms with Crippen molar-refractivity contribution in [2.24, 2.45) is 11.3 Å². The average Bonchev–Trinajstić information content (AvgIpc) is 2.69. The van der Waals surface area contributed by atoms with Crippen molar-refractivity contribution < 1.29 is 9.59 Å². The molecule has 2 aliphatic heterocycles. The fraction of sp³-hybridized carbons (Fsp3) is 0.636. The number of likely N-dealkylation sites (N-methyl/N-ethyl adjacent to an activating group) is 1. The standard InChI is InChI=1S/C22H34N4O2/c1-17-9-11-25(12-10-17)19-7-5-18(6-8-19)23-20(27)22(2,3)21(28)26-15-13-24(4)14-16-26/h5-8,17H,9-16H2,1-4H3,(H,23,27). The number of anilines is 2. The average molecular weight is 387 g/mol. The van der Waals surface area contributed by atoms with Crippen LogP contribution < -0.4 is 10.2 Å². The van der Waals surface area contributed by atoms with Crippen LogP contribution in [-0.4, -0.2) is 67.9 Å². The molecular weight excluding hydrogens is 352 g/mol. The molecule has 3 rings (SSSR count). The van der Waals surface area contributed by atoms with Gasteiger partial charge in [-0.3, -0.25) is 9.59 Å². The lowest BCUT2D eigenvalue weighted by molar-refractivity contribution is -0.147. The normalized spacial score (nSPS) is 19.6. The highest BCUT2D eigenvalue weighted by molar-refractivity contribution is 6.09. The first-order chi connectivity index (χ1) is 13.3. The molecule has 2 aliphatic rings. The Morgan fingerprint density at radius 2 is 1.54 bits per heavy atom. The van der Waals surface area contributed by atoms with Crippen LogP contribution in [0.2, 0.25) is 0 Å². The number of carbonyl (C=O) groups excluding carboxylic acids is 2. The van der Waals surface area contributed by atoms with Gasteiger partial charge >= 0.3 is 0 Å². The Labute approximate surface area is 168 Å². The molecule has 0 aromatic heterocycles. The van der Waals surface area contributed by atoms with Gasteiger partial charge < -0.3 is 20.0 Å². The van der Waals surface area contributed by atoms with Crippen molar-refractivity contribution >= 4 is 23.2 Å². The van der Waals surface area contributed by atoms with Crippen LogP contribution in [0, 0.1) is 11.3 Å². The van der Waals surface area contributed by atoms with Crippen molar-refractivity contribution in [3.05, 3.63) is 24.3 Å². The zero-order valence-electron chi connectivity index (χ0n) is 17.7. The van der Waals surface area contributed by atoms with Crippen LogP contribution >= 0.6 is 0 Å². The Morgan fingerprint density at radius 1 is 0.964 bits per heavy atom. The highest BCUT2D eigenvalue weighted by atomic mass is 16.2. The summed E-state index contributed by atoms with van der Waals surface area (Å²) in [4.78, 5) is 32.1. The van der Waals surface area contributed by atoms with E-state index >= 15 is 0 Å². The number of rotatable bonds is 4. The molecule has 0 bridgehead atoms. The number of nitrogens with zero attached hydrogens (tertiary/aromatic N) is 3. The van der Waals surface area contributed by atoms with Gasteiger partial charge in [-0.1, -0.05) is 6.92 Å². The summed E-state index contributed by atoms with van der Waals surface area (Å²) >= 11 is 0. The fourth-order valence-electron chi connectivity index (χ4n) is 3.81. The maximum atomic E-state index is 12.9. The number of nitrogens with one attached hydrogen (secondary N) is 1. The van der Waals surface area contributed by atoms with E-state index in [-0.39, 0.29) is 11.8 Å². The van der Waals surface area contributed by atoms with Gasteiger partial charge in [0.15, 0.2) is 0 Å². The first-order valence-corrected chi connectivity index (χ1v) is 10.4. The number of benzene rings is 1. The minimum absolute atomic E-state index is 0.0999. The summed E-state index contributed by atoms with van der Waals surface area (Å²) in [5.41, 5.74) is 0.841. The van der Waals surface area contributed by atoms with Gasteiger partial charge in [-0.15, -0.1) is 0 Å². The molecule has 0 atom stereocenters. The number of piperazine rings is 1. The molecule has 1 aromatic carbocycles. The van der Waals surface area contributed by atoms with Gasteiger partial charge in [0.25, 0.3) is 0 Å². The molecule has 0 spiro atoms. The third-order valence-corrected chi connectivity index (χ3v) is 6.17. The molecule has 0 radical (unpaired) electrons. The molecule has 2 amide bonds. The number of hydrogen-bond acceptors (Lipinski definition) is 4. The zero-order chi connectivity index (χ0) is 20.3. The van der Waals surface area contributed by atoms with E-state index in [9.17, 15) is 9.59 Å². The third kappa shape index (κ3) is 4.66. The summed E-state index contributed by atoms with van der Waals surface area (Å²) in [5, 5.41) is 2.93. The summed E-state index contributed by atoms with van der Waals surface area (Å²) in [6.07, 6.45) is 2.45. The monoisotopic (exact) mass is 386 g/mol. The van der Waals surface area contributed by atoms with Gasteiger partial charge in [-0.25, -0.2) is 0 Å². The van der Waals surface area contributed by atoms with Crippen LogP contribution in [0.1, 0.15) is 33.6 Å². The zero-order valence-corrected chi connectivity index (χ0v) is 17.7. The third-order valence-electron chi connectivity index (χ3n) is 6.17. The Hall–Kier alpha value is -2.08. The molecule has 1 aromatic rings. The molecule has 0 aliphatic carbocycles. The molecule has 28 heavy (non-hydrogen) atoms. The van der Waals surface area contributed by atoms with E-state index in [0.29, 0.717) is 13.1 Å². The maximum absolute atomic E-state index is 12.9. The highest BCUT2D eigenvalue weighted by Crippen LogP contribution is 2.26. The number of piperidine rings is 1. The van der Waals surface area contributed by atoms with Crippen molar-refractivity contribution in [1.29, 1.82) is 0 Å². The molecule has 154 valence electrons. The molecular formula is C22H34N4O2. The first-order valence-electron chi connectivity index (χ1n) is 10.4. The second kappa shape index (κ2) is 8.52. The van der Waals surface area contributed by atoms with Crippen LogP contribution in [0.4, 0.5) is 11.4 Å². The summed E-state index contributed by atoms with van der Waals surface area (Å²) in [7, 11) is 2.05. The predicted octanol–water partition coefficient (Wildman–Crippen LogP) is 2.66. The van der Waals surface area contributed by atoms with Gasteiger partial charge in [0, 0.05) is 50.6 Å². The maximum Gasteiger partial charge on any atom is 0.239 e. The Bertz CT molecular complexity index is 685. The summed E-state index contributed by atoms with van der Waals surface area (Å²) in [6, 6.07) is 7.98. The largest absolute Gasteiger partial charge is 0.372 e. The van der Waals surface area contributed by atoms with Gasteiger partial charge in [-0.2, -0.15) is 0 Å². The van der Waals surface area contributed by atoms with Gasteiger partial charge in [0.2, 0.25) is 11.8 Å². The lowest BCUT2D eigenvalue weighted by Gasteiger charge is -2.36. The molecule has 0 unspecified atom stereocenters. The predicted molar refractivity (Wildman–Crippen MR) is 114 cm³/mol. The number of carbonyl (C=O) groups is 2. The lowest BCUT2D eigenvalue weighted by Crippen LogP contribution is -2.53. The van der Waals surface area contributed by atoms with Gasteiger partial charge in [0.1, 0.15) is 5.41 Å². The van der Waals surface area contributed by atoms with E-state index in [2.05, 4.69) is 34.2 Å². The smallest absolute Gasteiger partial charge is 0.239 e. The molecule has 6 heteroatoms. The Balaban J connectivity index is 1.59. The van der Waals surface area contributed by atoms with Crippen molar-refractivity contribution in [2.45, 2.75) is 33.6 Å². The van der Waals surface area contributed by atoms with E-state index in [1.165, 1.54) is 18.5 Å². The molecule has 1 N–H and O–H groups in total. The Morgan fingerprint density at radius 3 is 2.11 bits per heavy atom. The van der Waals surface area contributed by atoms with Gasteiger partial charge in [-0.05, 0) is 63.9 Å². The van der Waals surface area contributed by atoms with Crippen molar-refractivity contribution in [1.82, 2.24) is 9.80 Å². The second-order valence-electron chi connectivity index (χ2n) is 8.89. The van der Waals surface area contributed by atoms with E-state index in [4.69, 9.17) is 0 Å². The SMILES string of the molecule is CC1CCN(c2ccc(NC(=O)C(C)(C)C(=O)N3CCN(C)CC3)cc2)CC1. The van der Waals surface area contributed by atoms with E-state index in [0.717, 1.165) is 37.8 Å². The molecule has 2 fully saturated rings. The van der Waals surface area contributed by atoms with Crippen molar-refractivity contribution in [2.75, 3.05) is 56.5 Å². The van der Waals surface area contributed by atoms with Crippen molar-refractivity contribution in [3.8, 4) is 0 Å². The van der Waals surface area contributed by atoms with Crippen LogP contribution in [0.3, 0.4) is 0 Å².